The highest BCUT2D eigenvalue weighted by Crippen LogP contribution is 2.39. The van der Waals surface area contributed by atoms with Gasteiger partial charge in [-0.25, -0.2) is 13.2 Å². The summed E-state index contributed by atoms with van der Waals surface area (Å²) in [6, 6.07) is 22.2. The number of carboxylic acid groups (broad SMARTS) is 1. The van der Waals surface area contributed by atoms with Gasteiger partial charge in [0.25, 0.3) is 5.91 Å². The van der Waals surface area contributed by atoms with Gasteiger partial charge < -0.3 is 10.4 Å². The van der Waals surface area contributed by atoms with E-state index in [0.29, 0.717) is 46.3 Å². The van der Waals surface area contributed by atoms with Gasteiger partial charge in [-0.1, -0.05) is 72.3 Å². The van der Waals surface area contributed by atoms with Crippen molar-refractivity contribution in [1.82, 2.24) is 9.62 Å². The molecular weight excluding hydrogens is 540 g/mol. The Labute approximate surface area is 237 Å². The highest BCUT2D eigenvalue weighted by atomic mass is 32.2. The van der Waals surface area contributed by atoms with Gasteiger partial charge in [0, 0.05) is 35.3 Å². The summed E-state index contributed by atoms with van der Waals surface area (Å²) in [5.41, 5.74) is 5.11. The molecule has 9 heteroatoms. The number of fused-ring (bicyclic) bond motifs is 4. The zero-order valence-electron chi connectivity index (χ0n) is 22.1. The summed E-state index contributed by atoms with van der Waals surface area (Å²) < 4.78 is 28.0. The average molecular weight is 567 g/mol. The maximum atomic E-state index is 13.5. The van der Waals surface area contributed by atoms with Crippen LogP contribution in [0, 0.1) is 6.92 Å². The van der Waals surface area contributed by atoms with E-state index in [4.69, 9.17) is 0 Å². The smallest absolute Gasteiger partial charge is 0.330 e. The lowest BCUT2D eigenvalue weighted by molar-refractivity contribution is -0.139. The van der Waals surface area contributed by atoms with E-state index in [0.717, 1.165) is 11.1 Å². The van der Waals surface area contributed by atoms with Gasteiger partial charge in [-0.2, -0.15) is 4.31 Å². The van der Waals surface area contributed by atoms with E-state index in [1.807, 2.05) is 6.92 Å². The Morgan fingerprint density at radius 1 is 0.878 bits per heavy atom. The Kier molecular flexibility index (Phi) is 6.56. The summed E-state index contributed by atoms with van der Waals surface area (Å²) in [6.07, 6.45) is 0.481. The lowest BCUT2D eigenvalue weighted by Crippen LogP contribution is -2.37. The number of nitrogens with one attached hydrogen (secondary N) is 1. The number of carbonyl (C=O) groups excluding carboxylic acids is 2. The predicted molar refractivity (Wildman–Crippen MR) is 152 cm³/mol. The van der Waals surface area contributed by atoms with Crippen LogP contribution in [0.4, 0.5) is 0 Å². The van der Waals surface area contributed by atoms with E-state index in [1.54, 1.807) is 84.9 Å². The molecule has 8 nitrogen and oxygen atoms in total. The third kappa shape index (κ3) is 4.63. The molecule has 4 aromatic carbocycles. The molecule has 1 unspecified atom stereocenters. The molecule has 0 spiro atoms. The van der Waals surface area contributed by atoms with Gasteiger partial charge in [0.2, 0.25) is 10.0 Å². The highest BCUT2D eigenvalue weighted by molar-refractivity contribution is 7.89. The van der Waals surface area contributed by atoms with Crippen molar-refractivity contribution in [1.29, 1.82) is 0 Å². The summed E-state index contributed by atoms with van der Waals surface area (Å²) in [5.74, 6) is -2.07. The first-order valence-electron chi connectivity index (χ1n) is 13.1. The number of hydrogen-bond donors (Lipinski definition) is 2. The van der Waals surface area contributed by atoms with Crippen molar-refractivity contribution in [2.24, 2.45) is 0 Å². The minimum absolute atomic E-state index is 0.0881. The van der Waals surface area contributed by atoms with E-state index in [2.05, 4.69) is 5.32 Å². The number of nitrogens with zero attached hydrogens (tertiary/aromatic N) is 1. The van der Waals surface area contributed by atoms with E-state index in [1.165, 1.54) is 4.31 Å². The molecule has 1 amide bonds. The Morgan fingerprint density at radius 3 is 2.32 bits per heavy atom. The Bertz CT molecular complexity index is 1850. The molecule has 1 aliphatic heterocycles. The number of rotatable bonds is 6. The molecule has 1 aliphatic carbocycles. The number of benzene rings is 4. The molecule has 206 valence electrons. The van der Waals surface area contributed by atoms with Gasteiger partial charge in [0.15, 0.2) is 11.8 Å². The molecule has 6 rings (SSSR count). The Hall–Kier alpha value is -4.60. The standard InChI is InChI=1S/C32H26N2O6S/c1-19-9-13-23(14-10-19)41(39,40)34-16-15-20-11-12-21(17-22(20)18-34)29(32(37)38)33-31(36)27-8-4-7-26-28(27)24-5-2-3-6-25(24)30(26)35/h2-14,17,29H,15-16,18H2,1H3,(H,33,36)(H,37,38). The number of ketones is 1. The maximum Gasteiger partial charge on any atom is 0.330 e. The van der Waals surface area contributed by atoms with Crippen LogP contribution in [0.1, 0.15) is 54.6 Å². The fourth-order valence-corrected chi connectivity index (χ4v) is 6.98. The van der Waals surface area contributed by atoms with Gasteiger partial charge in [0.05, 0.1) is 4.90 Å². The van der Waals surface area contributed by atoms with Gasteiger partial charge in [-0.3, -0.25) is 9.59 Å². The number of amides is 1. The predicted octanol–water partition coefficient (Wildman–Crippen LogP) is 4.51. The van der Waals surface area contributed by atoms with E-state index in [-0.39, 0.29) is 22.8 Å². The second-order valence-electron chi connectivity index (χ2n) is 10.3. The number of aryl methyl sites for hydroxylation is 1. The van der Waals surface area contributed by atoms with Crippen LogP contribution in [0.15, 0.2) is 89.8 Å². The summed E-state index contributed by atoms with van der Waals surface area (Å²) in [6.45, 7) is 2.28. The molecule has 0 bridgehead atoms. The van der Waals surface area contributed by atoms with Crippen LogP contribution in [-0.2, 0) is 27.8 Å². The number of carbonyl (C=O) groups is 3. The van der Waals surface area contributed by atoms with Crippen LogP contribution in [-0.4, -0.2) is 42.0 Å². The molecule has 41 heavy (non-hydrogen) atoms. The van der Waals surface area contributed by atoms with Crippen LogP contribution in [0.25, 0.3) is 11.1 Å². The maximum absolute atomic E-state index is 13.5. The molecule has 1 heterocycles. The molecular formula is C32H26N2O6S. The number of carboxylic acids is 1. The third-order valence-corrected chi connectivity index (χ3v) is 9.58. The zero-order chi connectivity index (χ0) is 28.9. The Morgan fingerprint density at radius 2 is 1.59 bits per heavy atom. The van der Waals surface area contributed by atoms with Gasteiger partial charge >= 0.3 is 5.97 Å². The second kappa shape index (κ2) is 10.1. The molecule has 4 aromatic rings. The number of sulfonamides is 1. The first-order valence-corrected chi connectivity index (χ1v) is 14.6. The van der Waals surface area contributed by atoms with E-state index < -0.39 is 27.9 Å². The fraction of sp³-hybridized carbons (Fsp3) is 0.156. The van der Waals surface area contributed by atoms with Crippen molar-refractivity contribution in [3.05, 3.63) is 124 Å². The summed E-state index contributed by atoms with van der Waals surface area (Å²) in [5, 5.41) is 12.7. The number of aliphatic carboxylic acids is 1. The van der Waals surface area contributed by atoms with Gasteiger partial charge in [-0.05, 0) is 53.8 Å². The van der Waals surface area contributed by atoms with Crippen molar-refractivity contribution in [2.75, 3.05) is 6.54 Å². The van der Waals surface area contributed by atoms with Crippen molar-refractivity contribution in [3.63, 3.8) is 0 Å². The Balaban J connectivity index is 1.29. The molecule has 0 fully saturated rings. The van der Waals surface area contributed by atoms with Crippen molar-refractivity contribution < 1.29 is 27.9 Å². The zero-order valence-corrected chi connectivity index (χ0v) is 22.9. The third-order valence-electron chi connectivity index (χ3n) is 7.72. The molecule has 0 saturated heterocycles. The van der Waals surface area contributed by atoms with E-state index >= 15 is 0 Å². The van der Waals surface area contributed by atoms with Crippen molar-refractivity contribution >= 4 is 27.7 Å². The van der Waals surface area contributed by atoms with Crippen LogP contribution < -0.4 is 5.32 Å². The van der Waals surface area contributed by atoms with Gasteiger partial charge in [-0.15, -0.1) is 0 Å². The first-order chi connectivity index (χ1) is 19.6. The summed E-state index contributed by atoms with van der Waals surface area (Å²) in [7, 11) is -3.74. The summed E-state index contributed by atoms with van der Waals surface area (Å²) >= 11 is 0. The summed E-state index contributed by atoms with van der Waals surface area (Å²) in [4.78, 5) is 39.0. The van der Waals surface area contributed by atoms with Crippen LogP contribution in [0.5, 0.6) is 0 Å². The second-order valence-corrected chi connectivity index (χ2v) is 12.2. The largest absolute Gasteiger partial charge is 0.479 e. The van der Waals surface area contributed by atoms with Crippen LogP contribution >= 0.6 is 0 Å². The first kappa shape index (κ1) is 26.6. The quantitative estimate of drug-likeness (QED) is 0.312. The molecule has 0 saturated carbocycles. The minimum Gasteiger partial charge on any atom is -0.479 e. The molecule has 2 N–H and O–H groups in total. The van der Waals surface area contributed by atoms with Crippen molar-refractivity contribution in [3.8, 4) is 11.1 Å². The lowest BCUT2D eigenvalue weighted by atomic mass is 9.95. The SMILES string of the molecule is Cc1ccc(S(=O)(=O)N2CCc3ccc(C(NC(=O)c4cccc5c4-c4ccccc4C5=O)C(=O)O)cc3C2)cc1. The normalized spacial score (nSPS) is 15.0. The molecule has 0 radical (unpaired) electrons. The number of hydrogen-bond acceptors (Lipinski definition) is 5. The van der Waals surface area contributed by atoms with Crippen LogP contribution in [0.3, 0.4) is 0 Å². The molecule has 2 aliphatic rings. The lowest BCUT2D eigenvalue weighted by Gasteiger charge is -2.29. The van der Waals surface area contributed by atoms with Gasteiger partial charge in [0.1, 0.15) is 0 Å². The van der Waals surface area contributed by atoms with Crippen LogP contribution in [0.2, 0.25) is 0 Å². The van der Waals surface area contributed by atoms with Crippen molar-refractivity contribution in [2.45, 2.75) is 30.8 Å². The molecule has 1 atom stereocenters. The minimum atomic E-state index is -3.74. The highest BCUT2D eigenvalue weighted by Gasteiger charge is 2.33. The topological polar surface area (TPSA) is 121 Å². The fourth-order valence-electron chi connectivity index (χ4n) is 5.56. The molecule has 0 aromatic heterocycles. The average Bonchev–Trinajstić information content (AvgIpc) is 3.27. The monoisotopic (exact) mass is 566 g/mol. The van der Waals surface area contributed by atoms with E-state index in [9.17, 15) is 27.9 Å².